The highest BCUT2D eigenvalue weighted by atomic mass is 79.9. The molecule has 4 heteroatoms. The number of benzene rings is 1. The molecular weight excluding hydrogens is 309 g/mol. The average Bonchev–Trinajstić information content (AvgIpc) is 2.19. The Balaban J connectivity index is 2.52. The molecule has 0 aromatic heterocycles. The Morgan fingerprint density at radius 2 is 2.06 bits per heavy atom. The maximum absolute atomic E-state index is 6.12. The molecule has 1 aromatic rings. The standard InChI is InChI=1S/C12H16BrCl2N/c1-9(13)5-6-16(2)8-10-3-4-11(14)7-12(10)15/h3-4,7,9H,5-6,8H2,1-2H3. The van der Waals surface area contributed by atoms with Gasteiger partial charge in [-0.25, -0.2) is 0 Å². The van der Waals surface area contributed by atoms with Gasteiger partial charge in [0.2, 0.25) is 0 Å². The first-order chi connectivity index (χ1) is 7.49. The predicted molar refractivity (Wildman–Crippen MR) is 75.8 cm³/mol. The molecule has 1 unspecified atom stereocenters. The molecule has 0 heterocycles. The summed E-state index contributed by atoms with van der Waals surface area (Å²) in [7, 11) is 2.10. The van der Waals surface area contributed by atoms with Gasteiger partial charge in [-0.05, 0) is 37.7 Å². The minimum absolute atomic E-state index is 0.552. The zero-order valence-electron chi connectivity index (χ0n) is 9.51. The van der Waals surface area contributed by atoms with Crippen molar-refractivity contribution < 1.29 is 0 Å². The summed E-state index contributed by atoms with van der Waals surface area (Å²) in [6.45, 7) is 4.06. The van der Waals surface area contributed by atoms with E-state index in [9.17, 15) is 0 Å². The van der Waals surface area contributed by atoms with Crippen molar-refractivity contribution >= 4 is 39.1 Å². The van der Waals surface area contributed by atoms with Gasteiger partial charge in [-0.1, -0.05) is 52.1 Å². The fourth-order valence-corrected chi connectivity index (χ4v) is 2.09. The molecule has 0 aliphatic carbocycles. The summed E-state index contributed by atoms with van der Waals surface area (Å²) in [5.41, 5.74) is 1.12. The highest BCUT2D eigenvalue weighted by Crippen LogP contribution is 2.22. The number of rotatable bonds is 5. The Bertz CT molecular complexity index is 342. The van der Waals surface area contributed by atoms with Crippen LogP contribution < -0.4 is 0 Å². The van der Waals surface area contributed by atoms with Crippen molar-refractivity contribution in [2.75, 3.05) is 13.6 Å². The Hall–Kier alpha value is 0.240. The predicted octanol–water partition coefficient (Wildman–Crippen LogP) is 4.60. The molecule has 0 aliphatic heterocycles. The second-order valence-electron chi connectivity index (χ2n) is 4.04. The fourth-order valence-electron chi connectivity index (χ4n) is 1.42. The number of halogens is 3. The molecule has 0 spiro atoms. The van der Waals surface area contributed by atoms with Gasteiger partial charge in [0.25, 0.3) is 0 Å². The number of nitrogens with zero attached hydrogens (tertiary/aromatic N) is 1. The van der Waals surface area contributed by atoms with Crippen molar-refractivity contribution in [2.24, 2.45) is 0 Å². The van der Waals surface area contributed by atoms with E-state index in [4.69, 9.17) is 23.2 Å². The summed E-state index contributed by atoms with van der Waals surface area (Å²) >= 11 is 15.5. The van der Waals surface area contributed by atoms with Crippen molar-refractivity contribution in [3.05, 3.63) is 33.8 Å². The lowest BCUT2D eigenvalue weighted by atomic mass is 10.2. The topological polar surface area (TPSA) is 3.24 Å². The van der Waals surface area contributed by atoms with Gasteiger partial charge >= 0.3 is 0 Å². The summed E-state index contributed by atoms with van der Waals surface area (Å²) < 4.78 is 0. The molecule has 1 aromatic carbocycles. The van der Waals surface area contributed by atoms with Crippen LogP contribution in [0.25, 0.3) is 0 Å². The molecule has 1 nitrogen and oxygen atoms in total. The van der Waals surface area contributed by atoms with Crippen LogP contribution >= 0.6 is 39.1 Å². The van der Waals surface area contributed by atoms with Gasteiger partial charge < -0.3 is 4.90 Å². The average molecular weight is 325 g/mol. The zero-order chi connectivity index (χ0) is 12.1. The summed E-state index contributed by atoms with van der Waals surface area (Å²) in [5.74, 6) is 0. The lowest BCUT2D eigenvalue weighted by molar-refractivity contribution is 0.323. The largest absolute Gasteiger partial charge is 0.302 e. The van der Waals surface area contributed by atoms with Crippen LogP contribution in [0.1, 0.15) is 18.9 Å². The molecule has 0 aliphatic rings. The Morgan fingerprint density at radius 3 is 2.62 bits per heavy atom. The van der Waals surface area contributed by atoms with Gasteiger partial charge in [0.1, 0.15) is 0 Å². The first-order valence-electron chi connectivity index (χ1n) is 5.25. The Kier molecular flexibility index (Phi) is 6.12. The van der Waals surface area contributed by atoms with Crippen LogP contribution in [0.4, 0.5) is 0 Å². The number of hydrogen-bond donors (Lipinski definition) is 0. The van der Waals surface area contributed by atoms with E-state index in [0.29, 0.717) is 9.85 Å². The SMILES string of the molecule is CC(Br)CCN(C)Cc1ccc(Cl)cc1Cl. The highest BCUT2D eigenvalue weighted by molar-refractivity contribution is 9.09. The second kappa shape index (κ2) is 6.85. The Labute approximate surface area is 116 Å². The maximum atomic E-state index is 6.12. The van der Waals surface area contributed by atoms with Crippen LogP contribution in [-0.4, -0.2) is 23.3 Å². The van der Waals surface area contributed by atoms with Gasteiger partial charge in [-0.3, -0.25) is 0 Å². The van der Waals surface area contributed by atoms with E-state index in [-0.39, 0.29) is 0 Å². The molecule has 0 fully saturated rings. The first kappa shape index (κ1) is 14.3. The first-order valence-corrected chi connectivity index (χ1v) is 6.92. The smallest absolute Gasteiger partial charge is 0.0465 e. The third-order valence-corrected chi connectivity index (χ3v) is 3.41. The van der Waals surface area contributed by atoms with Crippen LogP contribution in [0.3, 0.4) is 0 Å². The quantitative estimate of drug-likeness (QED) is 0.715. The molecule has 1 rings (SSSR count). The normalized spacial score (nSPS) is 13.1. The van der Waals surface area contributed by atoms with Crippen LogP contribution in [0.5, 0.6) is 0 Å². The fraction of sp³-hybridized carbons (Fsp3) is 0.500. The molecule has 0 saturated heterocycles. The van der Waals surface area contributed by atoms with Crippen LogP contribution in [-0.2, 0) is 6.54 Å². The lowest BCUT2D eigenvalue weighted by Gasteiger charge is -2.18. The van der Waals surface area contributed by atoms with E-state index in [0.717, 1.165) is 30.1 Å². The highest BCUT2D eigenvalue weighted by Gasteiger charge is 2.06. The monoisotopic (exact) mass is 323 g/mol. The lowest BCUT2D eigenvalue weighted by Crippen LogP contribution is -2.20. The third kappa shape index (κ3) is 5.05. The van der Waals surface area contributed by atoms with Crippen molar-refractivity contribution in [3.8, 4) is 0 Å². The van der Waals surface area contributed by atoms with Crippen LogP contribution in [0, 0.1) is 0 Å². The third-order valence-electron chi connectivity index (χ3n) is 2.36. The molecule has 0 bridgehead atoms. The molecule has 0 saturated carbocycles. The summed E-state index contributed by atoms with van der Waals surface area (Å²) in [4.78, 5) is 2.81. The molecular formula is C12H16BrCl2N. The molecule has 0 amide bonds. The summed E-state index contributed by atoms with van der Waals surface area (Å²) in [6.07, 6.45) is 1.13. The van der Waals surface area contributed by atoms with Gasteiger partial charge in [-0.2, -0.15) is 0 Å². The van der Waals surface area contributed by atoms with E-state index in [1.807, 2.05) is 12.1 Å². The minimum Gasteiger partial charge on any atom is -0.302 e. The van der Waals surface area contributed by atoms with Crippen LogP contribution in [0.15, 0.2) is 18.2 Å². The van der Waals surface area contributed by atoms with E-state index < -0.39 is 0 Å². The molecule has 0 N–H and O–H groups in total. The summed E-state index contributed by atoms with van der Waals surface area (Å²) in [5, 5.41) is 1.43. The van der Waals surface area contributed by atoms with E-state index in [1.54, 1.807) is 6.07 Å². The minimum atomic E-state index is 0.552. The summed E-state index contributed by atoms with van der Waals surface area (Å²) in [6, 6.07) is 5.65. The van der Waals surface area contributed by atoms with Crippen molar-refractivity contribution in [1.29, 1.82) is 0 Å². The van der Waals surface area contributed by atoms with Gasteiger partial charge in [0, 0.05) is 21.4 Å². The zero-order valence-corrected chi connectivity index (χ0v) is 12.6. The van der Waals surface area contributed by atoms with Crippen molar-refractivity contribution in [2.45, 2.75) is 24.7 Å². The molecule has 1 atom stereocenters. The molecule has 0 radical (unpaired) electrons. The van der Waals surface area contributed by atoms with Gasteiger partial charge in [-0.15, -0.1) is 0 Å². The van der Waals surface area contributed by atoms with Gasteiger partial charge in [0.15, 0.2) is 0 Å². The molecule has 90 valence electrons. The van der Waals surface area contributed by atoms with Crippen molar-refractivity contribution in [3.63, 3.8) is 0 Å². The maximum Gasteiger partial charge on any atom is 0.0465 e. The Morgan fingerprint density at radius 1 is 1.38 bits per heavy atom. The van der Waals surface area contributed by atoms with Gasteiger partial charge in [0.05, 0.1) is 0 Å². The van der Waals surface area contributed by atoms with E-state index in [2.05, 4.69) is 34.8 Å². The number of alkyl halides is 1. The van der Waals surface area contributed by atoms with E-state index in [1.165, 1.54) is 0 Å². The second-order valence-corrected chi connectivity index (χ2v) is 6.45. The molecule has 16 heavy (non-hydrogen) atoms. The van der Waals surface area contributed by atoms with Crippen molar-refractivity contribution in [1.82, 2.24) is 4.90 Å². The number of hydrogen-bond acceptors (Lipinski definition) is 1. The van der Waals surface area contributed by atoms with Crippen LogP contribution in [0.2, 0.25) is 10.0 Å². The van der Waals surface area contributed by atoms with E-state index >= 15 is 0 Å².